The zero-order valence-electron chi connectivity index (χ0n) is 12.8. The van der Waals surface area contributed by atoms with Crippen molar-refractivity contribution in [2.45, 2.75) is 0 Å². The van der Waals surface area contributed by atoms with Gasteiger partial charge in [-0.2, -0.15) is 0 Å². The largest absolute Gasteiger partial charge is 0.452 e. The standard InChI is InChI=1S/C16H12IN5O3/c17-13-3-1-2-4-14(13)19-15(23)9-25-16(24)11-5-7-12(8-6-11)22-10-18-20-21-22/h1-8,10H,9H2,(H,19,23). The molecule has 0 saturated carbocycles. The van der Waals surface area contributed by atoms with Crippen LogP contribution in [0.5, 0.6) is 0 Å². The molecule has 3 aromatic rings. The number of benzene rings is 2. The third-order valence-corrected chi connectivity index (χ3v) is 4.14. The number of ether oxygens (including phenoxy) is 1. The lowest BCUT2D eigenvalue weighted by molar-refractivity contribution is -0.119. The molecule has 0 atom stereocenters. The van der Waals surface area contributed by atoms with Crippen LogP contribution in [-0.4, -0.2) is 38.7 Å². The van der Waals surface area contributed by atoms with Gasteiger partial charge in [0.05, 0.1) is 16.9 Å². The number of rotatable bonds is 5. The van der Waals surface area contributed by atoms with Crippen LogP contribution in [-0.2, 0) is 9.53 Å². The number of esters is 1. The van der Waals surface area contributed by atoms with Gasteiger partial charge in [-0.05, 0) is 69.4 Å². The summed E-state index contributed by atoms with van der Waals surface area (Å²) in [5.41, 5.74) is 1.71. The number of carbonyl (C=O) groups excluding carboxylic acids is 2. The minimum absolute atomic E-state index is 0.332. The first-order valence-corrected chi connectivity index (χ1v) is 8.26. The summed E-state index contributed by atoms with van der Waals surface area (Å²) in [5, 5.41) is 13.5. The predicted molar refractivity (Wildman–Crippen MR) is 97.2 cm³/mol. The summed E-state index contributed by atoms with van der Waals surface area (Å²) < 4.78 is 7.40. The normalized spacial score (nSPS) is 10.3. The van der Waals surface area contributed by atoms with Crippen LogP contribution in [0.25, 0.3) is 5.69 Å². The van der Waals surface area contributed by atoms with Crippen LogP contribution in [0.15, 0.2) is 54.9 Å². The number of amides is 1. The Morgan fingerprint density at radius 2 is 1.88 bits per heavy atom. The SMILES string of the molecule is O=C(COC(=O)c1ccc(-n2cnnn2)cc1)Nc1ccccc1I. The monoisotopic (exact) mass is 449 g/mol. The van der Waals surface area contributed by atoms with E-state index in [9.17, 15) is 9.59 Å². The number of anilines is 1. The lowest BCUT2D eigenvalue weighted by Crippen LogP contribution is -2.21. The van der Waals surface area contributed by atoms with Gasteiger partial charge in [-0.3, -0.25) is 4.79 Å². The van der Waals surface area contributed by atoms with Crippen molar-refractivity contribution >= 4 is 40.2 Å². The molecule has 0 bridgehead atoms. The summed E-state index contributed by atoms with van der Waals surface area (Å²) in [6.07, 6.45) is 1.45. The second-order valence-electron chi connectivity index (χ2n) is 4.91. The Labute approximate surface area is 156 Å². The molecule has 1 aromatic heterocycles. The van der Waals surface area contributed by atoms with Gasteiger partial charge in [0.1, 0.15) is 6.33 Å². The molecule has 1 N–H and O–H groups in total. The summed E-state index contributed by atoms with van der Waals surface area (Å²) in [7, 11) is 0. The minimum atomic E-state index is -0.582. The first-order chi connectivity index (χ1) is 12.1. The van der Waals surface area contributed by atoms with Crippen molar-refractivity contribution in [3.05, 3.63) is 64.0 Å². The van der Waals surface area contributed by atoms with Crippen molar-refractivity contribution in [2.75, 3.05) is 11.9 Å². The number of para-hydroxylation sites is 1. The van der Waals surface area contributed by atoms with Crippen molar-refractivity contribution in [3.63, 3.8) is 0 Å². The van der Waals surface area contributed by atoms with E-state index in [2.05, 4.69) is 43.4 Å². The third-order valence-electron chi connectivity index (χ3n) is 3.20. The van der Waals surface area contributed by atoms with Gasteiger partial charge in [-0.25, -0.2) is 9.48 Å². The molecule has 2 aromatic carbocycles. The first kappa shape index (κ1) is 17.0. The molecule has 0 unspecified atom stereocenters. The Morgan fingerprint density at radius 1 is 1.12 bits per heavy atom. The molecule has 0 fully saturated rings. The first-order valence-electron chi connectivity index (χ1n) is 7.18. The Morgan fingerprint density at radius 3 is 2.56 bits per heavy atom. The van der Waals surface area contributed by atoms with E-state index in [4.69, 9.17) is 4.74 Å². The van der Waals surface area contributed by atoms with Crippen LogP contribution >= 0.6 is 22.6 Å². The van der Waals surface area contributed by atoms with Gasteiger partial charge in [0.2, 0.25) is 0 Å². The summed E-state index contributed by atoms with van der Waals surface area (Å²) in [6, 6.07) is 13.9. The van der Waals surface area contributed by atoms with Crippen LogP contribution in [0.4, 0.5) is 5.69 Å². The molecule has 0 aliphatic rings. The Balaban J connectivity index is 1.55. The Kier molecular flexibility index (Phi) is 5.33. The lowest BCUT2D eigenvalue weighted by atomic mass is 10.2. The molecule has 0 spiro atoms. The van der Waals surface area contributed by atoms with Crippen LogP contribution in [0.3, 0.4) is 0 Å². The molecule has 8 nitrogen and oxygen atoms in total. The number of carbonyl (C=O) groups is 2. The maximum Gasteiger partial charge on any atom is 0.338 e. The molecule has 25 heavy (non-hydrogen) atoms. The number of nitrogens with one attached hydrogen (secondary N) is 1. The van der Waals surface area contributed by atoms with E-state index in [0.29, 0.717) is 16.9 Å². The average Bonchev–Trinajstić information content (AvgIpc) is 3.16. The second-order valence-corrected chi connectivity index (χ2v) is 6.07. The van der Waals surface area contributed by atoms with Crippen molar-refractivity contribution in [1.29, 1.82) is 0 Å². The summed E-state index contributed by atoms with van der Waals surface area (Å²) in [4.78, 5) is 23.9. The lowest BCUT2D eigenvalue weighted by Gasteiger charge is -2.08. The average molecular weight is 449 g/mol. The van der Waals surface area contributed by atoms with Crippen molar-refractivity contribution < 1.29 is 14.3 Å². The molecular formula is C16H12IN5O3. The van der Waals surface area contributed by atoms with Crippen molar-refractivity contribution in [3.8, 4) is 5.69 Å². The highest BCUT2D eigenvalue weighted by Crippen LogP contribution is 2.16. The highest BCUT2D eigenvalue weighted by atomic mass is 127. The minimum Gasteiger partial charge on any atom is -0.452 e. The van der Waals surface area contributed by atoms with E-state index in [0.717, 1.165) is 3.57 Å². The molecule has 9 heteroatoms. The van der Waals surface area contributed by atoms with E-state index in [1.807, 2.05) is 18.2 Å². The summed E-state index contributed by atoms with van der Waals surface area (Å²) in [5.74, 6) is -0.982. The van der Waals surface area contributed by atoms with Gasteiger partial charge in [0.25, 0.3) is 5.91 Å². The number of aromatic nitrogens is 4. The summed E-state index contributed by atoms with van der Waals surface area (Å²) in [6.45, 7) is -0.363. The summed E-state index contributed by atoms with van der Waals surface area (Å²) >= 11 is 2.11. The molecule has 0 aliphatic heterocycles. The molecule has 1 heterocycles. The molecule has 0 radical (unpaired) electrons. The number of tetrazole rings is 1. The van der Waals surface area contributed by atoms with Gasteiger partial charge < -0.3 is 10.1 Å². The predicted octanol–water partition coefficient (Wildman–Crippen LogP) is 2.06. The molecule has 0 aliphatic carbocycles. The Hall–Kier alpha value is -2.82. The molecule has 126 valence electrons. The second kappa shape index (κ2) is 7.83. The van der Waals surface area contributed by atoms with Crippen LogP contribution < -0.4 is 5.32 Å². The fourth-order valence-corrected chi connectivity index (χ4v) is 2.52. The zero-order valence-corrected chi connectivity index (χ0v) is 15.0. The van der Waals surface area contributed by atoms with Crippen LogP contribution in [0.2, 0.25) is 0 Å². The van der Waals surface area contributed by atoms with Gasteiger partial charge in [-0.1, -0.05) is 12.1 Å². The van der Waals surface area contributed by atoms with Crippen molar-refractivity contribution in [2.24, 2.45) is 0 Å². The number of nitrogens with zero attached hydrogens (tertiary/aromatic N) is 4. The highest BCUT2D eigenvalue weighted by molar-refractivity contribution is 14.1. The number of halogens is 1. The van der Waals surface area contributed by atoms with Crippen LogP contribution in [0, 0.1) is 3.57 Å². The van der Waals surface area contributed by atoms with Gasteiger partial charge >= 0.3 is 5.97 Å². The number of hydrogen-bond donors (Lipinski definition) is 1. The van der Waals surface area contributed by atoms with Gasteiger partial charge in [0, 0.05) is 3.57 Å². The molecule has 1 amide bonds. The fourth-order valence-electron chi connectivity index (χ4n) is 1.99. The number of hydrogen-bond acceptors (Lipinski definition) is 6. The zero-order chi connectivity index (χ0) is 17.6. The van der Waals surface area contributed by atoms with E-state index >= 15 is 0 Å². The van der Waals surface area contributed by atoms with E-state index < -0.39 is 11.9 Å². The molecule has 3 rings (SSSR count). The van der Waals surface area contributed by atoms with Crippen molar-refractivity contribution in [1.82, 2.24) is 20.2 Å². The highest BCUT2D eigenvalue weighted by Gasteiger charge is 2.11. The van der Waals surface area contributed by atoms with E-state index in [1.54, 1.807) is 30.3 Å². The Bertz CT molecular complexity index is 881. The quantitative estimate of drug-likeness (QED) is 0.473. The van der Waals surface area contributed by atoms with Gasteiger partial charge in [-0.15, -0.1) is 5.10 Å². The van der Waals surface area contributed by atoms with Gasteiger partial charge in [0.15, 0.2) is 6.61 Å². The van der Waals surface area contributed by atoms with Crippen LogP contribution in [0.1, 0.15) is 10.4 Å². The third kappa shape index (κ3) is 4.38. The smallest absolute Gasteiger partial charge is 0.338 e. The molecule has 0 saturated heterocycles. The maximum absolute atomic E-state index is 12.0. The fraction of sp³-hybridized carbons (Fsp3) is 0.0625. The van der Waals surface area contributed by atoms with E-state index in [1.165, 1.54) is 11.0 Å². The van der Waals surface area contributed by atoms with E-state index in [-0.39, 0.29) is 6.61 Å². The maximum atomic E-state index is 12.0. The molecular weight excluding hydrogens is 437 g/mol. The topological polar surface area (TPSA) is 99.0 Å².